The van der Waals surface area contributed by atoms with Gasteiger partial charge in [-0.15, -0.1) is 4.31 Å². The van der Waals surface area contributed by atoms with Crippen molar-refractivity contribution in [1.82, 2.24) is 4.31 Å². The summed E-state index contributed by atoms with van der Waals surface area (Å²) in [5.74, 6) is 0. The summed E-state index contributed by atoms with van der Waals surface area (Å²) < 4.78 is 33.8. The molecule has 0 aliphatic carbocycles. The number of ether oxygens (including phenoxy) is 1. The second-order valence-electron chi connectivity index (χ2n) is 6.77. The van der Waals surface area contributed by atoms with E-state index in [2.05, 4.69) is 0 Å². The van der Waals surface area contributed by atoms with Crippen molar-refractivity contribution < 1.29 is 13.7 Å². The smallest absolute Gasteiger partial charge is 0.137 e. The summed E-state index contributed by atoms with van der Waals surface area (Å²) in [5.41, 5.74) is 1.02. The normalized spacial score (nSPS) is 21.0. The van der Waals surface area contributed by atoms with Crippen LogP contribution in [-0.2, 0) is 22.6 Å². The molecule has 0 saturated heterocycles. The van der Waals surface area contributed by atoms with E-state index in [0.717, 1.165) is 18.4 Å². The van der Waals surface area contributed by atoms with Crippen molar-refractivity contribution in [3.05, 3.63) is 48.2 Å². The molecular formula is C18H26FNO2S. The Balaban J connectivity index is 2.25. The van der Waals surface area contributed by atoms with Crippen molar-refractivity contribution >= 4 is 11.4 Å². The summed E-state index contributed by atoms with van der Waals surface area (Å²) in [4.78, 5) is 0. The predicted molar refractivity (Wildman–Crippen MR) is 92.9 cm³/mol. The van der Waals surface area contributed by atoms with Crippen LogP contribution in [0.4, 0.5) is 4.39 Å². The first-order valence-electron chi connectivity index (χ1n) is 8.02. The van der Waals surface area contributed by atoms with E-state index in [1.54, 1.807) is 10.6 Å². The van der Waals surface area contributed by atoms with Gasteiger partial charge in [0.2, 0.25) is 0 Å². The van der Waals surface area contributed by atoms with Crippen LogP contribution in [0, 0.1) is 0 Å². The van der Waals surface area contributed by atoms with E-state index in [1.165, 1.54) is 0 Å². The Morgan fingerprint density at radius 2 is 2.04 bits per heavy atom. The molecule has 0 spiro atoms. The molecule has 3 nitrogen and oxygen atoms in total. The lowest BCUT2D eigenvalue weighted by atomic mass is 10.0. The lowest BCUT2D eigenvalue weighted by Crippen LogP contribution is -2.53. The Bertz CT molecular complexity index is 503. The largest absolute Gasteiger partial charge is 0.597 e. The summed E-state index contributed by atoms with van der Waals surface area (Å²) >= 11 is -1.32. The fourth-order valence-electron chi connectivity index (χ4n) is 2.61. The van der Waals surface area contributed by atoms with Crippen LogP contribution in [0.2, 0.25) is 0 Å². The van der Waals surface area contributed by atoms with Gasteiger partial charge in [0.1, 0.15) is 23.6 Å². The van der Waals surface area contributed by atoms with Gasteiger partial charge in [-0.3, -0.25) is 0 Å². The van der Waals surface area contributed by atoms with Crippen LogP contribution in [0.25, 0.3) is 0 Å². The number of halogens is 1. The molecule has 1 aromatic rings. The van der Waals surface area contributed by atoms with Gasteiger partial charge >= 0.3 is 0 Å². The molecule has 0 N–H and O–H groups in total. The van der Waals surface area contributed by atoms with Crippen LogP contribution in [0.15, 0.2) is 42.7 Å². The lowest BCUT2D eigenvalue weighted by Gasteiger charge is -2.39. The molecule has 0 radical (unpaired) electrons. The highest BCUT2D eigenvalue weighted by Crippen LogP contribution is 2.29. The van der Waals surface area contributed by atoms with Gasteiger partial charge in [0, 0.05) is 11.4 Å². The molecule has 0 saturated carbocycles. The molecular weight excluding hydrogens is 313 g/mol. The highest BCUT2D eigenvalue weighted by molar-refractivity contribution is 7.90. The second-order valence-corrected chi connectivity index (χ2v) is 8.96. The van der Waals surface area contributed by atoms with E-state index in [4.69, 9.17) is 4.74 Å². The van der Waals surface area contributed by atoms with Crippen molar-refractivity contribution in [2.45, 2.75) is 57.1 Å². The molecule has 0 amide bonds. The van der Waals surface area contributed by atoms with E-state index >= 15 is 0 Å². The molecule has 1 aliphatic rings. The fourth-order valence-corrected chi connectivity index (χ4v) is 4.02. The highest BCUT2D eigenvalue weighted by atomic mass is 32.2. The van der Waals surface area contributed by atoms with Crippen LogP contribution in [0.3, 0.4) is 0 Å². The fraction of sp³-hybridized carbons (Fsp3) is 0.556. The van der Waals surface area contributed by atoms with E-state index in [1.807, 2.05) is 57.2 Å². The zero-order valence-electron chi connectivity index (χ0n) is 14.1. The Hall–Kier alpha value is -1.04. The number of hydrogen-bond acceptors (Lipinski definition) is 3. The zero-order valence-corrected chi connectivity index (χ0v) is 14.9. The average molecular weight is 339 g/mol. The summed E-state index contributed by atoms with van der Waals surface area (Å²) in [6, 6.07) is 9.26. The van der Waals surface area contributed by atoms with Gasteiger partial charge in [-0.1, -0.05) is 30.3 Å². The second kappa shape index (κ2) is 8.18. The topological polar surface area (TPSA) is 35.5 Å². The molecule has 1 aromatic carbocycles. The number of benzene rings is 1. The SMILES string of the molecule is CC(C)(C)[S+]([O-])N(Cc1ccccc1)[C@H](CF)C1CCC=CO1. The summed E-state index contributed by atoms with van der Waals surface area (Å²) in [5, 5.41) is 0. The van der Waals surface area contributed by atoms with E-state index < -0.39 is 28.8 Å². The van der Waals surface area contributed by atoms with Crippen molar-refractivity contribution in [3.8, 4) is 0 Å². The standard InChI is InChI=1S/C18H26FNO2S/c1-18(2,3)23(21)20(14-15-9-5-4-6-10-15)16(13-19)17-11-7-8-12-22-17/h4-6,8-10,12,16-17H,7,11,13-14H2,1-3H3/t16-,17?,23?/m1/s1. The molecule has 5 heteroatoms. The van der Waals surface area contributed by atoms with Gasteiger partial charge in [0.25, 0.3) is 0 Å². The number of rotatable bonds is 6. The van der Waals surface area contributed by atoms with Gasteiger partial charge in [-0.05, 0) is 45.3 Å². The summed E-state index contributed by atoms with van der Waals surface area (Å²) in [7, 11) is 0. The highest BCUT2D eigenvalue weighted by Gasteiger charge is 2.41. The van der Waals surface area contributed by atoms with E-state index in [-0.39, 0.29) is 6.10 Å². The van der Waals surface area contributed by atoms with E-state index in [9.17, 15) is 8.94 Å². The first-order chi connectivity index (χ1) is 10.9. The van der Waals surface area contributed by atoms with Crippen molar-refractivity contribution in [2.75, 3.05) is 6.67 Å². The molecule has 23 heavy (non-hydrogen) atoms. The number of hydrogen-bond donors (Lipinski definition) is 0. The van der Waals surface area contributed by atoms with Gasteiger partial charge in [-0.25, -0.2) is 4.39 Å². The van der Waals surface area contributed by atoms with Crippen LogP contribution in [0.5, 0.6) is 0 Å². The minimum atomic E-state index is -1.32. The first kappa shape index (κ1) is 18.3. The number of nitrogens with zero attached hydrogens (tertiary/aromatic N) is 1. The average Bonchev–Trinajstić information content (AvgIpc) is 2.55. The Morgan fingerprint density at radius 3 is 2.57 bits per heavy atom. The van der Waals surface area contributed by atoms with Crippen LogP contribution >= 0.6 is 0 Å². The molecule has 3 atom stereocenters. The molecule has 128 valence electrons. The number of allylic oxidation sites excluding steroid dienone is 1. The monoisotopic (exact) mass is 339 g/mol. The van der Waals surface area contributed by atoms with Crippen LogP contribution in [-0.4, -0.2) is 32.4 Å². The third-order valence-electron chi connectivity index (χ3n) is 3.84. The molecule has 0 bridgehead atoms. The van der Waals surface area contributed by atoms with Gasteiger partial charge in [0.15, 0.2) is 0 Å². The Labute approximate surface area is 141 Å². The molecule has 1 heterocycles. The van der Waals surface area contributed by atoms with Crippen molar-refractivity contribution in [2.24, 2.45) is 0 Å². The van der Waals surface area contributed by atoms with Gasteiger partial charge in [0.05, 0.1) is 12.8 Å². The molecule has 2 unspecified atom stereocenters. The molecule has 1 aliphatic heterocycles. The van der Waals surface area contributed by atoms with Crippen molar-refractivity contribution in [3.63, 3.8) is 0 Å². The maximum absolute atomic E-state index is 13.9. The maximum Gasteiger partial charge on any atom is 0.137 e. The quantitative estimate of drug-likeness (QED) is 0.735. The van der Waals surface area contributed by atoms with Gasteiger partial charge < -0.3 is 9.29 Å². The number of alkyl halides is 1. The molecule has 2 rings (SSSR count). The van der Waals surface area contributed by atoms with Crippen LogP contribution in [0.1, 0.15) is 39.2 Å². The third-order valence-corrected chi connectivity index (χ3v) is 5.72. The third kappa shape index (κ3) is 4.96. The molecule has 0 fully saturated rings. The molecule has 0 aromatic heterocycles. The summed E-state index contributed by atoms with van der Waals surface area (Å²) in [6.07, 6.45) is 4.92. The Morgan fingerprint density at radius 1 is 1.35 bits per heavy atom. The van der Waals surface area contributed by atoms with E-state index in [0.29, 0.717) is 6.54 Å². The van der Waals surface area contributed by atoms with Crippen LogP contribution < -0.4 is 0 Å². The lowest BCUT2D eigenvalue weighted by molar-refractivity contribution is 0.0421. The zero-order chi connectivity index (χ0) is 16.9. The predicted octanol–water partition coefficient (Wildman–Crippen LogP) is 3.98. The first-order valence-corrected chi connectivity index (χ1v) is 9.13. The summed E-state index contributed by atoms with van der Waals surface area (Å²) in [6.45, 7) is 5.62. The minimum Gasteiger partial charge on any atom is -0.597 e. The minimum absolute atomic E-state index is 0.264. The van der Waals surface area contributed by atoms with Crippen molar-refractivity contribution in [1.29, 1.82) is 0 Å². The van der Waals surface area contributed by atoms with Gasteiger partial charge in [-0.2, -0.15) is 0 Å². The maximum atomic E-state index is 13.9. The Kier molecular flexibility index (Phi) is 6.50.